The summed E-state index contributed by atoms with van der Waals surface area (Å²) in [5.74, 6) is 0.211. The Morgan fingerprint density at radius 2 is 1.58 bits per heavy atom. The smallest absolute Gasteiger partial charge is 0.342 e. The number of H-pyrrole nitrogens is 1. The predicted molar refractivity (Wildman–Crippen MR) is 156 cm³/mol. The van der Waals surface area contributed by atoms with Gasteiger partial charge in [0.25, 0.3) is 11.7 Å². The number of carboxylic acid groups (broad SMARTS) is 1. The number of thioether (sulfide) groups is 1. The van der Waals surface area contributed by atoms with Crippen molar-refractivity contribution >= 4 is 29.9 Å². The second-order valence-corrected chi connectivity index (χ2v) is 9.52. The Morgan fingerprint density at radius 1 is 0.930 bits per heavy atom. The molecule has 1 amide bonds. The Labute approximate surface area is 251 Å². The van der Waals surface area contributed by atoms with Crippen LogP contribution < -0.4 is 38.8 Å². The quantitative estimate of drug-likeness (QED) is 0.0996. The standard InChI is InChI=1S/C29H29N5O8S/c1-38-20-12-11-17(24(28(36)37)26(20)42-5)15-30-31-23(35)16-43-29-33-32-27(34(29)19-9-7-6-8-10-19)18-13-21(39-2)25(41-4)22(14-18)40-3/h6-15H,16H2,1-5H3,(H2,31,35,36,37). The number of amides is 1. The zero-order chi connectivity index (χ0) is 30.9. The van der Waals surface area contributed by atoms with Gasteiger partial charge in [0.2, 0.25) is 5.75 Å². The Kier molecular flexibility index (Phi) is 10.1. The molecule has 2 N–H and O–H groups in total. The van der Waals surface area contributed by atoms with Crippen LogP contribution in [0.15, 0.2) is 64.9 Å². The average molecular weight is 608 g/mol. The molecule has 224 valence electrons. The van der Waals surface area contributed by atoms with Gasteiger partial charge in [-0.3, -0.25) is 4.79 Å². The summed E-state index contributed by atoms with van der Waals surface area (Å²) in [6.45, 7) is 0. The van der Waals surface area contributed by atoms with Gasteiger partial charge in [-0.1, -0.05) is 18.2 Å². The summed E-state index contributed by atoms with van der Waals surface area (Å²) >= 11 is 1.17. The number of carbonyl (C=O) groups excluding carboxylic acids is 2. The number of rotatable bonds is 13. The molecule has 13 nitrogen and oxygen atoms in total. The minimum absolute atomic E-state index is 0.0137. The Balaban J connectivity index is 1.58. The van der Waals surface area contributed by atoms with Crippen LogP contribution in [-0.2, 0) is 4.79 Å². The molecule has 4 rings (SSSR count). The van der Waals surface area contributed by atoms with Gasteiger partial charge in [0.15, 0.2) is 23.0 Å². The minimum atomic E-state index is -1.48. The van der Waals surface area contributed by atoms with E-state index in [0.717, 1.165) is 5.69 Å². The number of nitrogens with zero attached hydrogens (tertiary/aromatic N) is 3. The van der Waals surface area contributed by atoms with E-state index in [4.69, 9.17) is 23.7 Å². The molecule has 0 aliphatic rings. The van der Waals surface area contributed by atoms with E-state index in [1.807, 2.05) is 34.9 Å². The van der Waals surface area contributed by atoms with Crippen molar-refractivity contribution in [2.75, 3.05) is 41.3 Å². The number of nitrogens with one attached hydrogen (secondary N) is 2. The van der Waals surface area contributed by atoms with Gasteiger partial charge in [0, 0.05) is 5.56 Å². The molecule has 0 saturated carbocycles. The van der Waals surface area contributed by atoms with Crippen molar-refractivity contribution in [3.8, 4) is 45.8 Å². The molecule has 0 radical (unpaired) electrons. The van der Waals surface area contributed by atoms with Gasteiger partial charge in [0.1, 0.15) is 5.69 Å². The van der Waals surface area contributed by atoms with Gasteiger partial charge in [0.05, 0.1) is 69.7 Å². The van der Waals surface area contributed by atoms with E-state index in [1.54, 1.807) is 12.1 Å². The summed E-state index contributed by atoms with van der Waals surface area (Å²) in [5.41, 5.74) is 3.81. The lowest BCUT2D eigenvalue weighted by molar-refractivity contribution is -0.625. The molecule has 3 aromatic carbocycles. The molecule has 0 spiro atoms. The molecule has 1 aromatic heterocycles. The van der Waals surface area contributed by atoms with E-state index in [9.17, 15) is 14.7 Å². The van der Waals surface area contributed by atoms with E-state index in [2.05, 4.69) is 20.7 Å². The maximum Gasteiger partial charge on any atom is 0.342 e. The van der Waals surface area contributed by atoms with Gasteiger partial charge in [-0.2, -0.15) is 9.67 Å². The fourth-order valence-electron chi connectivity index (χ4n) is 4.22. The van der Waals surface area contributed by atoms with Crippen molar-refractivity contribution in [1.82, 2.24) is 15.6 Å². The SMILES string of the molecule is COc1cc(-c2[nH]nc(SCC(=O)NN=Cc3ccc(OC)c(OC)c3C(=O)[O-])[n+]2-c2ccccc2)cc(OC)c1OC. The van der Waals surface area contributed by atoms with Crippen LogP contribution in [-0.4, -0.2) is 69.6 Å². The summed E-state index contributed by atoms with van der Waals surface area (Å²) in [6, 6.07) is 16.1. The monoisotopic (exact) mass is 607 g/mol. The lowest BCUT2D eigenvalue weighted by Crippen LogP contribution is -2.34. The topological polar surface area (TPSA) is 160 Å². The normalized spacial score (nSPS) is 10.8. The summed E-state index contributed by atoms with van der Waals surface area (Å²) < 4.78 is 28.7. The number of carbonyl (C=O) groups is 2. The van der Waals surface area contributed by atoms with Gasteiger partial charge >= 0.3 is 5.16 Å². The van der Waals surface area contributed by atoms with Crippen LogP contribution >= 0.6 is 11.8 Å². The van der Waals surface area contributed by atoms with Gasteiger partial charge < -0.3 is 33.6 Å². The molecule has 0 unspecified atom stereocenters. The molecule has 14 heteroatoms. The van der Waals surface area contributed by atoms with E-state index in [-0.39, 0.29) is 28.4 Å². The largest absolute Gasteiger partial charge is 0.545 e. The van der Waals surface area contributed by atoms with E-state index < -0.39 is 11.9 Å². The van der Waals surface area contributed by atoms with Crippen LogP contribution in [0.3, 0.4) is 0 Å². The molecule has 0 aliphatic heterocycles. The first kappa shape index (κ1) is 30.7. The molecular formula is C29H29N5O8S. The summed E-state index contributed by atoms with van der Waals surface area (Å²) in [4.78, 5) is 24.4. The minimum Gasteiger partial charge on any atom is -0.545 e. The zero-order valence-corrected chi connectivity index (χ0v) is 24.8. The van der Waals surface area contributed by atoms with Crippen molar-refractivity contribution in [1.29, 1.82) is 0 Å². The van der Waals surface area contributed by atoms with Crippen molar-refractivity contribution in [3.63, 3.8) is 0 Å². The van der Waals surface area contributed by atoms with Gasteiger partial charge in [-0.15, -0.1) is 5.10 Å². The first-order valence-corrected chi connectivity index (χ1v) is 13.6. The number of methoxy groups -OCH3 is 5. The van der Waals surface area contributed by atoms with Crippen molar-refractivity contribution < 1.29 is 42.9 Å². The first-order chi connectivity index (χ1) is 20.9. The van der Waals surface area contributed by atoms with E-state index in [1.165, 1.54) is 65.7 Å². The summed E-state index contributed by atoms with van der Waals surface area (Å²) in [6.07, 6.45) is 1.19. The fourth-order valence-corrected chi connectivity index (χ4v) is 4.98. The highest BCUT2D eigenvalue weighted by Crippen LogP contribution is 2.40. The average Bonchev–Trinajstić information content (AvgIpc) is 3.46. The number of hydrazone groups is 1. The van der Waals surface area contributed by atoms with Crippen LogP contribution in [0.1, 0.15) is 15.9 Å². The number of hydrogen-bond acceptors (Lipinski definition) is 11. The lowest BCUT2D eigenvalue weighted by atomic mass is 10.1. The maximum absolute atomic E-state index is 12.7. The van der Waals surface area contributed by atoms with Crippen LogP contribution in [0.5, 0.6) is 28.7 Å². The van der Waals surface area contributed by atoms with Crippen molar-refractivity contribution in [2.45, 2.75) is 5.16 Å². The maximum atomic E-state index is 12.7. The molecule has 43 heavy (non-hydrogen) atoms. The number of para-hydroxylation sites is 1. The Hall–Kier alpha value is -5.24. The number of benzene rings is 3. The molecule has 0 fully saturated rings. The Morgan fingerprint density at radius 3 is 2.16 bits per heavy atom. The van der Waals surface area contributed by atoms with E-state index in [0.29, 0.717) is 33.8 Å². The van der Waals surface area contributed by atoms with Crippen LogP contribution in [0.25, 0.3) is 17.1 Å². The fraction of sp³-hybridized carbons (Fsp3) is 0.207. The number of hydrogen-bond donors (Lipinski definition) is 2. The second kappa shape index (κ2) is 14.1. The van der Waals surface area contributed by atoms with E-state index >= 15 is 0 Å². The van der Waals surface area contributed by atoms with Crippen LogP contribution in [0, 0.1) is 0 Å². The predicted octanol–water partition coefficient (Wildman–Crippen LogP) is 2.00. The number of aromatic carboxylic acids is 1. The van der Waals surface area contributed by atoms with Gasteiger partial charge in [-0.25, -0.2) is 5.43 Å². The number of aromatic nitrogens is 3. The molecule has 0 aliphatic carbocycles. The molecule has 0 bridgehead atoms. The highest BCUT2D eigenvalue weighted by atomic mass is 32.2. The zero-order valence-electron chi connectivity index (χ0n) is 24.0. The third kappa shape index (κ3) is 6.64. The number of carboxylic acids is 1. The number of aromatic amines is 1. The van der Waals surface area contributed by atoms with Crippen molar-refractivity contribution in [2.24, 2.45) is 5.10 Å². The third-order valence-corrected chi connectivity index (χ3v) is 7.07. The molecular weight excluding hydrogens is 578 g/mol. The first-order valence-electron chi connectivity index (χ1n) is 12.6. The van der Waals surface area contributed by atoms with Crippen molar-refractivity contribution in [3.05, 3.63) is 65.7 Å². The lowest BCUT2D eigenvalue weighted by Gasteiger charge is -2.15. The molecule has 0 atom stereocenters. The molecule has 4 aromatic rings. The second-order valence-electron chi connectivity index (χ2n) is 8.57. The molecule has 0 saturated heterocycles. The highest BCUT2D eigenvalue weighted by molar-refractivity contribution is 7.99. The summed E-state index contributed by atoms with van der Waals surface area (Å²) in [5, 5.41) is 23.7. The Bertz CT molecular complexity index is 1620. The highest BCUT2D eigenvalue weighted by Gasteiger charge is 2.27. The number of ether oxygens (including phenoxy) is 5. The summed E-state index contributed by atoms with van der Waals surface area (Å²) in [7, 11) is 7.30. The van der Waals surface area contributed by atoms with Crippen LogP contribution in [0.4, 0.5) is 0 Å². The van der Waals surface area contributed by atoms with Gasteiger partial charge in [-0.05, 0) is 48.2 Å². The molecule has 1 heterocycles. The van der Waals surface area contributed by atoms with Crippen LogP contribution in [0.2, 0.25) is 0 Å². The third-order valence-electron chi connectivity index (χ3n) is 6.13.